The van der Waals surface area contributed by atoms with Crippen LogP contribution in [0, 0.1) is 0 Å². The van der Waals surface area contributed by atoms with Gasteiger partial charge in [-0.3, -0.25) is 9.55 Å². The number of hydrogen-bond acceptors (Lipinski definition) is 5. The summed E-state index contributed by atoms with van der Waals surface area (Å²) in [6.45, 7) is 0. The molecule has 190 valence electrons. The van der Waals surface area contributed by atoms with E-state index in [2.05, 4.69) is 39.2 Å². The van der Waals surface area contributed by atoms with Crippen molar-refractivity contribution in [3.8, 4) is 16.6 Å². The van der Waals surface area contributed by atoms with E-state index in [0.29, 0.717) is 5.11 Å². The maximum atomic E-state index is 6.03. The number of nitrogens with one attached hydrogen (secondary N) is 1. The quantitative estimate of drug-likeness (QED) is 0.219. The van der Waals surface area contributed by atoms with Gasteiger partial charge >= 0.3 is 0 Å². The van der Waals surface area contributed by atoms with Gasteiger partial charge < -0.3 is 15.0 Å². The van der Waals surface area contributed by atoms with Crippen LogP contribution in [0.15, 0.2) is 122 Å². The number of anilines is 1. The molecule has 3 aromatic carbocycles. The number of hydrogen-bond donors (Lipinski definition) is 1. The summed E-state index contributed by atoms with van der Waals surface area (Å²) >= 11 is 7.61. The zero-order chi connectivity index (χ0) is 26.2. The Morgan fingerprint density at radius 2 is 1.56 bits per heavy atom. The molecule has 1 aliphatic heterocycles. The van der Waals surface area contributed by atoms with Crippen molar-refractivity contribution in [3.63, 3.8) is 0 Å². The molecule has 1 N–H and O–H groups in total. The van der Waals surface area contributed by atoms with Crippen LogP contribution in [-0.2, 0) is 0 Å². The first-order chi connectivity index (χ1) is 19.2. The Labute approximate surface area is 235 Å². The lowest BCUT2D eigenvalue weighted by atomic mass is 10.0. The van der Waals surface area contributed by atoms with Crippen LogP contribution in [0.25, 0.3) is 15.3 Å². The third-order valence-electron chi connectivity index (χ3n) is 6.76. The van der Waals surface area contributed by atoms with Crippen molar-refractivity contribution in [1.29, 1.82) is 0 Å². The third kappa shape index (κ3) is 4.43. The Balaban J connectivity index is 1.30. The number of nitrogens with zero attached hydrogens (tertiary/aromatic N) is 4. The molecule has 2 atom stereocenters. The van der Waals surface area contributed by atoms with E-state index in [-0.39, 0.29) is 12.1 Å². The number of aromatic nitrogens is 3. The smallest absolute Gasteiger partial charge is 0.194 e. The number of benzene rings is 3. The Hall–Kier alpha value is -4.53. The molecule has 6 nitrogen and oxygen atoms in total. The van der Waals surface area contributed by atoms with E-state index in [9.17, 15) is 0 Å². The molecule has 8 heteroatoms. The molecule has 4 heterocycles. The predicted octanol–water partition coefficient (Wildman–Crippen LogP) is 7.45. The van der Waals surface area contributed by atoms with Gasteiger partial charge in [0, 0.05) is 18.1 Å². The highest BCUT2D eigenvalue weighted by Gasteiger charge is 2.42. The molecule has 39 heavy (non-hydrogen) atoms. The number of fused-ring (bicyclic) bond motifs is 1. The van der Waals surface area contributed by atoms with Gasteiger partial charge in [0.1, 0.15) is 17.5 Å². The molecule has 0 bridgehead atoms. The number of ether oxygens (including phenoxy) is 1. The average molecular weight is 546 g/mol. The van der Waals surface area contributed by atoms with E-state index in [0.717, 1.165) is 43.9 Å². The number of pyridine rings is 1. The fraction of sp³-hybridized carbons (Fsp3) is 0.0645. The minimum absolute atomic E-state index is 0.151. The van der Waals surface area contributed by atoms with Crippen molar-refractivity contribution in [2.45, 2.75) is 12.1 Å². The van der Waals surface area contributed by atoms with Gasteiger partial charge in [0.05, 0.1) is 27.6 Å². The molecule has 1 aliphatic rings. The summed E-state index contributed by atoms with van der Waals surface area (Å²) < 4.78 is 9.35. The Morgan fingerprint density at radius 3 is 2.36 bits per heavy atom. The Kier molecular flexibility index (Phi) is 6.03. The number of rotatable bonds is 6. The highest BCUT2D eigenvalue weighted by molar-refractivity contribution is 7.80. The van der Waals surface area contributed by atoms with Gasteiger partial charge in [-0.2, -0.15) is 0 Å². The summed E-state index contributed by atoms with van der Waals surface area (Å²) in [6, 6.07) is 35.9. The largest absolute Gasteiger partial charge is 0.457 e. The second-order valence-electron chi connectivity index (χ2n) is 9.17. The van der Waals surface area contributed by atoms with Gasteiger partial charge in [0.2, 0.25) is 0 Å². The van der Waals surface area contributed by atoms with Crippen LogP contribution in [-0.4, -0.2) is 19.6 Å². The maximum Gasteiger partial charge on any atom is 0.194 e. The molecule has 0 amide bonds. The van der Waals surface area contributed by atoms with Crippen LogP contribution in [0.3, 0.4) is 0 Å². The van der Waals surface area contributed by atoms with Crippen molar-refractivity contribution in [3.05, 3.63) is 133 Å². The van der Waals surface area contributed by atoms with E-state index < -0.39 is 0 Å². The molecule has 6 aromatic rings. The first-order valence-electron chi connectivity index (χ1n) is 12.6. The summed E-state index contributed by atoms with van der Waals surface area (Å²) in [5.41, 5.74) is 3.95. The molecular formula is C31H23N5OS2. The lowest BCUT2D eigenvalue weighted by Gasteiger charge is -2.28. The van der Waals surface area contributed by atoms with Crippen molar-refractivity contribution in [2.75, 3.05) is 4.90 Å². The van der Waals surface area contributed by atoms with Crippen LogP contribution in [0.4, 0.5) is 5.69 Å². The van der Waals surface area contributed by atoms with E-state index in [1.807, 2.05) is 97.2 Å². The van der Waals surface area contributed by atoms with Crippen LogP contribution in [0.1, 0.15) is 23.5 Å². The van der Waals surface area contributed by atoms with E-state index in [1.165, 1.54) is 0 Å². The van der Waals surface area contributed by atoms with Gasteiger partial charge in [0.25, 0.3) is 0 Å². The van der Waals surface area contributed by atoms with Gasteiger partial charge in [-0.1, -0.05) is 47.7 Å². The standard InChI is InChI=1S/C31H23N5OS2/c38-30-34-28(25-12-6-7-19-32-25)29(26-13-8-20-35(26)31-33-24-11-4-5-14-27(24)39-31)36(30)21-15-17-23(18-16-21)37-22-9-2-1-3-10-22/h1-20,28-29H,(H,34,38). The highest BCUT2D eigenvalue weighted by Crippen LogP contribution is 2.43. The Morgan fingerprint density at radius 1 is 0.795 bits per heavy atom. The van der Waals surface area contributed by atoms with Crippen LogP contribution in [0.2, 0.25) is 0 Å². The molecule has 0 spiro atoms. The van der Waals surface area contributed by atoms with Crippen molar-refractivity contribution in [1.82, 2.24) is 19.9 Å². The van der Waals surface area contributed by atoms with Gasteiger partial charge in [-0.15, -0.1) is 0 Å². The molecule has 1 saturated heterocycles. The first kappa shape index (κ1) is 23.6. The average Bonchev–Trinajstić information content (AvgIpc) is 3.71. The fourth-order valence-corrected chi connectivity index (χ4v) is 6.32. The van der Waals surface area contributed by atoms with Crippen LogP contribution < -0.4 is 15.0 Å². The summed E-state index contributed by atoms with van der Waals surface area (Å²) in [4.78, 5) is 11.8. The fourth-order valence-electron chi connectivity index (χ4n) is 5.01. The molecule has 1 fully saturated rings. The molecule has 0 saturated carbocycles. The monoisotopic (exact) mass is 545 g/mol. The summed E-state index contributed by atoms with van der Waals surface area (Å²) in [5.74, 6) is 1.56. The Bertz CT molecular complexity index is 1720. The van der Waals surface area contributed by atoms with Gasteiger partial charge in [-0.25, -0.2) is 4.98 Å². The van der Waals surface area contributed by atoms with Crippen LogP contribution in [0.5, 0.6) is 11.5 Å². The molecular weight excluding hydrogens is 523 g/mol. The zero-order valence-electron chi connectivity index (χ0n) is 20.7. The molecule has 3 aromatic heterocycles. The van der Waals surface area contributed by atoms with Crippen molar-refractivity contribution >= 4 is 44.6 Å². The lowest BCUT2D eigenvalue weighted by Crippen LogP contribution is -2.30. The first-order valence-corrected chi connectivity index (χ1v) is 13.8. The molecule has 7 rings (SSSR count). The van der Waals surface area contributed by atoms with Crippen LogP contribution >= 0.6 is 23.6 Å². The predicted molar refractivity (Wildman–Crippen MR) is 160 cm³/mol. The third-order valence-corrected chi connectivity index (χ3v) is 8.11. The molecule has 2 unspecified atom stereocenters. The van der Waals surface area contributed by atoms with Gasteiger partial charge in [0.15, 0.2) is 10.2 Å². The minimum atomic E-state index is -0.157. The van der Waals surface area contributed by atoms with E-state index >= 15 is 0 Å². The molecule has 0 aliphatic carbocycles. The normalized spacial score (nSPS) is 16.9. The highest BCUT2D eigenvalue weighted by atomic mass is 32.1. The maximum absolute atomic E-state index is 6.03. The second kappa shape index (κ2) is 9.98. The SMILES string of the molecule is S=C1NC(c2ccccn2)C(c2cccn2-c2nc3ccccc3s2)N1c1ccc(Oc2ccccc2)cc1. The number of thiazole rings is 1. The minimum Gasteiger partial charge on any atom is -0.457 e. The number of para-hydroxylation sites is 2. The summed E-state index contributed by atoms with van der Waals surface area (Å²) in [5, 5.41) is 5.11. The van der Waals surface area contributed by atoms with E-state index in [1.54, 1.807) is 11.3 Å². The number of thiocarbonyl (C=S) groups is 1. The topological polar surface area (TPSA) is 55.2 Å². The lowest BCUT2D eigenvalue weighted by molar-refractivity contribution is 0.482. The second-order valence-corrected chi connectivity index (χ2v) is 10.6. The van der Waals surface area contributed by atoms with Crippen molar-refractivity contribution in [2.24, 2.45) is 0 Å². The van der Waals surface area contributed by atoms with E-state index in [4.69, 9.17) is 26.9 Å². The van der Waals surface area contributed by atoms with Gasteiger partial charge in [-0.05, 0) is 85.0 Å². The molecule has 0 radical (unpaired) electrons. The summed E-state index contributed by atoms with van der Waals surface area (Å²) in [6.07, 6.45) is 3.89. The van der Waals surface area contributed by atoms with Crippen molar-refractivity contribution < 1.29 is 4.74 Å². The summed E-state index contributed by atoms with van der Waals surface area (Å²) in [7, 11) is 0. The zero-order valence-corrected chi connectivity index (χ0v) is 22.3.